The van der Waals surface area contributed by atoms with Crippen LogP contribution in [-0.4, -0.2) is 20.5 Å². The van der Waals surface area contributed by atoms with Crippen LogP contribution in [-0.2, 0) is 6.42 Å². The minimum atomic E-state index is 0.204. The first-order valence-corrected chi connectivity index (χ1v) is 17.0. The minimum Gasteiger partial charge on any atom is -0.345 e. The van der Waals surface area contributed by atoms with Gasteiger partial charge in [0.2, 0.25) is 13.4 Å². The molecule has 47 heavy (non-hydrogen) atoms. The van der Waals surface area contributed by atoms with Gasteiger partial charge >= 0.3 is 0 Å². The Morgan fingerprint density at radius 2 is 1.02 bits per heavy atom. The van der Waals surface area contributed by atoms with Crippen molar-refractivity contribution in [3.8, 4) is 22.3 Å². The summed E-state index contributed by atoms with van der Waals surface area (Å²) in [6.45, 7) is 5.16. The van der Waals surface area contributed by atoms with E-state index >= 15 is 0 Å². The van der Waals surface area contributed by atoms with E-state index in [1.54, 1.807) is 0 Å². The van der Waals surface area contributed by atoms with Gasteiger partial charge in [-0.3, -0.25) is 0 Å². The third kappa shape index (κ3) is 2.76. The molecule has 0 saturated carbocycles. The van der Waals surface area contributed by atoms with Gasteiger partial charge in [-0.05, 0) is 120 Å². The average molecular weight is 593 g/mol. The molecule has 3 heteroatoms. The van der Waals surface area contributed by atoms with E-state index in [2.05, 4.69) is 135 Å². The van der Waals surface area contributed by atoms with Gasteiger partial charge in [0.1, 0.15) is 0 Å². The third-order valence-corrected chi connectivity index (χ3v) is 12.4. The fraction of sp³-hybridized carbons (Fsp3) is 0.0909. The first kappa shape index (κ1) is 24.9. The Kier molecular flexibility index (Phi) is 4.33. The molecular weight excluding hydrogens is 564 g/mol. The average Bonchev–Trinajstić information content (AvgIpc) is 3.10. The van der Waals surface area contributed by atoms with Crippen molar-refractivity contribution in [1.82, 2.24) is 0 Å². The van der Waals surface area contributed by atoms with Crippen molar-refractivity contribution in [1.29, 1.82) is 0 Å². The Hall–Kier alpha value is -5.27. The highest BCUT2D eigenvalue weighted by molar-refractivity contribution is 7.01. The first-order valence-electron chi connectivity index (χ1n) is 17.0. The molecule has 4 aliphatic rings. The van der Waals surface area contributed by atoms with E-state index in [9.17, 15) is 0 Å². The van der Waals surface area contributed by atoms with Crippen LogP contribution in [0.25, 0.3) is 54.6 Å². The number of hydrogen-bond donors (Lipinski definition) is 0. The fourth-order valence-electron chi connectivity index (χ4n) is 10.5. The van der Waals surface area contributed by atoms with Crippen LogP contribution in [0, 0.1) is 13.8 Å². The highest BCUT2D eigenvalue weighted by Gasteiger charge is 2.42. The minimum absolute atomic E-state index is 0.204. The van der Waals surface area contributed by atoms with Gasteiger partial charge in [0, 0.05) is 18.4 Å². The molecule has 1 nitrogen and oxygen atoms in total. The summed E-state index contributed by atoms with van der Waals surface area (Å²) in [4.78, 5) is 2.41. The Morgan fingerprint density at radius 3 is 1.74 bits per heavy atom. The van der Waals surface area contributed by atoms with E-state index in [0.29, 0.717) is 0 Å². The predicted molar refractivity (Wildman–Crippen MR) is 204 cm³/mol. The van der Waals surface area contributed by atoms with E-state index < -0.39 is 0 Å². The topological polar surface area (TPSA) is 3.24 Å². The second-order valence-electron chi connectivity index (χ2n) is 14.5. The molecule has 0 atom stereocenters. The molecule has 4 aliphatic heterocycles. The van der Waals surface area contributed by atoms with E-state index in [1.807, 2.05) is 0 Å². The van der Waals surface area contributed by atoms with Gasteiger partial charge in [-0.2, -0.15) is 0 Å². The van der Waals surface area contributed by atoms with Gasteiger partial charge in [0.25, 0.3) is 0 Å². The Morgan fingerprint density at radius 1 is 0.468 bits per heavy atom. The van der Waals surface area contributed by atoms with Crippen LogP contribution in [0.4, 0.5) is 11.4 Å². The normalized spacial score (nSPS) is 14.5. The molecule has 0 radical (unpaired) electrons. The molecule has 8 aromatic rings. The van der Waals surface area contributed by atoms with Crippen LogP contribution in [0.2, 0.25) is 0 Å². The fourth-order valence-corrected chi connectivity index (χ4v) is 10.5. The third-order valence-electron chi connectivity index (χ3n) is 12.4. The molecule has 216 valence electrons. The largest absolute Gasteiger partial charge is 0.345 e. The second-order valence-corrected chi connectivity index (χ2v) is 14.5. The Balaban J connectivity index is 1.31. The van der Waals surface area contributed by atoms with E-state index in [0.717, 1.165) is 6.42 Å². The van der Waals surface area contributed by atoms with Crippen molar-refractivity contribution in [2.45, 2.75) is 20.3 Å². The Labute approximate surface area is 275 Å². The van der Waals surface area contributed by atoms with Crippen molar-refractivity contribution in [3.63, 3.8) is 0 Å². The molecule has 0 N–H and O–H groups in total. The van der Waals surface area contributed by atoms with Gasteiger partial charge in [-0.15, -0.1) is 0 Å². The van der Waals surface area contributed by atoms with E-state index in [4.69, 9.17) is 0 Å². The molecule has 0 amide bonds. The lowest BCUT2D eigenvalue weighted by Gasteiger charge is -2.40. The SMILES string of the molecule is Cc1cc2c3c(cc4c(C)cc5c6c(cc1c3c46)B1c3ccccc3N(C)c3cccc-5c31)B1c3ccccc3Cc3cccc-2c31. The molecule has 0 spiro atoms. The zero-order valence-electron chi connectivity index (χ0n) is 26.7. The lowest BCUT2D eigenvalue weighted by atomic mass is 9.30. The zero-order chi connectivity index (χ0) is 30.9. The van der Waals surface area contributed by atoms with Crippen molar-refractivity contribution >= 4 is 89.9 Å². The monoisotopic (exact) mass is 593 g/mol. The van der Waals surface area contributed by atoms with E-state index in [1.165, 1.54) is 121 Å². The van der Waals surface area contributed by atoms with Crippen LogP contribution in [0.15, 0.2) is 109 Å². The molecule has 12 rings (SSSR count). The van der Waals surface area contributed by atoms with Crippen LogP contribution in [0.3, 0.4) is 0 Å². The second kappa shape index (κ2) is 8.17. The Bertz CT molecular complexity index is 2770. The summed E-state index contributed by atoms with van der Waals surface area (Å²) in [5.74, 6) is 0. The van der Waals surface area contributed by atoms with Crippen molar-refractivity contribution in [2.24, 2.45) is 0 Å². The molecule has 0 bridgehead atoms. The molecule has 8 aromatic carbocycles. The van der Waals surface area contributed by atoms with Crippen LogP contribution in [0.1, 0.15) is 22.3 Å². The first-order chi connectivity index (χ1) is 23.1. The molecular formula is C44H29B2N. The summed E-state index contributed by atoms with van der Waals surface area (Å²) < 4.78 is 0. The summed E-state index contributed by atoms with van der Waals surface area (Å²) in [6.07, 6.45) is 1.01. The molecule has 0 fully saturated rings. The number of rotatable bonds is 0. The summed E-state index contributed by atoms with van der Waals surface area (Å²) >= 11 is 0. The number of anilines is 2. The van der Waals surface area contributed by atoms with Crippen molar-refractivity contribution in [2.75, 3.05) is 11.9 Å². The van der Waals surface area contributed by atoms with Gasteiger partial charge in [-0.25, -0.2) is 0 Å². The van der Waals surface area contributed by atoms with Crippen LogP contribution >= 0.6 is 0 Å². The number of aryl methyl sites for hydroxylation is 2. The molecule has 0 aromatic heterocycles. The number of para-hydroxylation sites is 1. The standard InChI is InChI=1S/C44H29B2N/c1-23-18-31-27-12-8-11-26-20-25-10-4-5-14-33(25)45(43(26)27)35-21-29-24(2)19-32-28-13-9-17-38-44(28)46(34-15-6-7-16-37(34)47(38)3)36-22-30(23)41(39(31)35)42(29)40(32)36/h4-19,21-22H,20H2,1-3H3. The van der Waals surface area contributed by atoms with Gasteiger partial charge < -0.3 is 4.90 Å². The quantitative estimate of drug-likeness (QED) is 0.150. The van der Waals surface area contributed by atoms with Crippen molar-refractivity contribution < 1.29 is 0 Å². The summed E-state index contributed by atoms with van der Waals surface area (Å²) in [6, 6.07) is 42.5. The van der Waals surface area contributed by atoms with Crippen LogP contribution < -0.4 is 37.7 Å². The number of hydrogen-bond acceptors (Lipinski definition) is 1. The highest BCUT2D eigenvalue weighted by atomic mass is 15.1. The maximum atomic E-state index is 2.61. The van der Waals surface area contributed by atoms with Crippen molar-refractivity contribution in [3.05, 3.63) is 131 Å². The van der Waals surface area contributed by atoms with Gasteiger partial charge in [-0.1, -0.05) is 119 Å². The van der Waals surface area contributed by atoms with Gasteiger partial charge in [0.15, 0.2) is 0 Å². The highest BCUT2D eigenvalue weighted by Crippen LogP contribution is 2.47. The maximum Gasteiger partial charge on any atom is 0.248 e. The zero-order valence-corrected chi connectivity index (χ0v) is 26.7. The summed E-state index contributed by atoms with van der Waals surface area (Å²) in [5, 5.41) is 8.69. The molecule has 0 unspecified atom stereocenters. The maximum absolute atomic E-state index is 2.61. The lowest BCUT2D eigenvalue weighted by Crippen LogP contribution is -2.60. The number of nitrogens with zero attached hydrogens (tertiary/aromatic N) is 1. The molecule has 0 aliphatic carbocycles. The van der Waals surface area contributed by atoms with E-state index in [-0.39, 0.29) is 13.4 Å². The number of benzene rings is 8. The lowest BCUT2D eigenvalue weighted by molar-refractivity contribution is 1.21. The predicted octanol–water partition coefficient (Wildman–Crippen LogP) is 6.18. The van der Waals surface area contributed by atoms with Gasteiger partial charge in [0.05, 0.1) is 0 Å². The molecule has 4 heterocycles. The van der Waals surface area contributed by atoms with Crippen LogP contribution in [0.5, 0.6) is 0 Å². The number of fused-ring (bicyclic) bond motifs is 8. The molecule has 0 saturated heterocycles. The summed E-state index contributed by atoms with van der Waals surface area (Å²) in [7, 11) is 2.23. The summed E-state index contributed by atoms with van der Waals surface area (Å²) in [5.41, 5.74) is 22.8. The smallest absolute Gasteiger partial charge is 0.248 e.